The molecule has 0 N–H and O–H groups in total. The van der Waals surface area contributed by atoms with E-state index in [1.54, 1.807) is 6.26 Å². The first-order valence-corrected chi connectivity index (χ1v) is 4.49. The Morgan fingerprint density at radius 3 is 1.86 bits per heavy atom. The van der Waals surface area contributed by atoms with Gasteiger partial charge in [-0.2, -0.15) is 0 Å². The van der Waals surface area contributed by atoms with E-state index in [1.807, 2.05) is 39.8 Å². The van der Waals surface area contributed by atoms with Crippen molar-refractivity contribution in [2.45, 2.75) is 27.7 Å². The number of furan rings is 1. The Morgan fingerprint density at radius 1 is 1.00 bits per heavy atom. The molecular formula is C11H15NO2. The molecule has 0 saturated carbocycles. The summed E-state index contributed by atoms with van der Waals surface area (Å²) in [7, 11) is 0. The first-order chi connectivity index (χ1) is 6.58. The second-order valence-electron chi connectivity index (χ2n) is 3.31. The predicted molar refractivity (Wildman–Crippen MR) is 54.2 cm³/mol. The third kappa shape index (κ3) is 3.47. The van der Waals surface area contributed by atoms with Crippen molar-refractivity contribution in [1.29, 1.82) is 0 Å². The maximum atomic E-state index is 4.96. The first kappa shape index (κ1) is 10.6. The molecule has 14 heavy (non-hydrogen) atoms. The van der Waals surface area contributed by atoms with E-state index in [1.165, 1.54) is 5.56 Å². The van der Waals surface area contributed by atoms with Gasteiger partial charge in [-0.05, 0) is 39.3 Å². The van der Waals surface area contributed by atoms with Gasteiger partial charge in [-0.1, -0.05) is 5.16 Å². The molecule has 3 nitrogen and oxygen atoms in total. The molecule has 3 heteroatoms. The molecular weight excluding hydrogens is 178 g/mol. The smallest absolute Gasteiger partial charge is 0.133 e. The van der Waals surface area contributed by atoms with Crippen LogP contribution in [-0.4, -0.2) is 5.16 Å². The summed E-state index contributed by atoms with van der Waals surface area (Å²) in [6, 6.07) is 3.89. The average Bonchev–Trinajstić information content (AvgIpc) is 2.63. The second kappa shape index (κ2) is 4.65. The molecule has 0 radical (unpaired) electrons. The van der Waals surface area contributed by atoms with Crippen LogP contribution in [0.5, 0.6) is 0 Å². The lowest BCUT2D eigenvalue weighted by Crippen LogP contribution is -1.59. The largest absolute Gasteiger partial charge is 0.469 e. The lowest BCUT2D eigenvalue weighted by Gasteiger charge is -1.69. The van der Waals surface area contributed by atoms with Gasteiger partial charge in [0, 0.05) is 6.07 Å². The van der Waals surface area contributed by atoms with Crippen LogP contribution in [0.2, 0.25) is 0 Å². The van der Waals surface area contributed by atoms with Crippen molar-refractivity contribution in [1.82, 2.24) is 5.16 Å². The zero-order valence-corrected chi connectivity index (χ0v) is 9.00. The van der Waals surface area contributed by atoms with Crippen LogP contribution in [0.3, 0.4) is 0 Å². The summed E-state index contributed by atoms with van der Waals surface area (Å²) in [6.45, 7) is 7.72. The van der Waals surface area contributed by atoms with E-state index in [0.29, 0.717) is 0 Å². The van der Waals surface area contributed by atoms with Crippen LogP contribution < -0.4 is 0 Å². The molecule has 0 aliphatic heterocycles. The lowest BCUT2D eigenvalue weighted by molar-refractivity contribution is 0.393. The summed E-state index contributed by atoms with van der Waals surface area (Å²) in [5, 5.41) is 3.64. The van der Waals surface area contributed by atoms with Crippen LogP contribution in [0.25, 0.3) is 0 Å². The van der Waals surface area contributed by atoms with Crippen molar-refractivity contribution >= 4 is 0 Å². The minimum Gasteiger partial charge on any atom is -0.469 e. The number of aryl methyl sites for hydroxylation is 4. The molecule has 2 heterocycles. The van der Waals surface area contributed by atoms with Crippen molar-refractivity contribution in [3.63, 3.8) is 0 Å². The second-order valence-corrected chi connectivity index (χ2v) is 3.31. The van der Waals surface area contributed by atoms with Gasteiger partial charge in [0.2, 0.25) is 0 Å². The van der Waals surface area contributed by atoms with Crippen LogP contribution in [-0.2, 0) is 0 Å². The van der Waals surface area contributed by atoms with Gasteiger partial charge in [0.1, 0.15) is 11.5 Å². The van der Waals surface area contributed by atoms with Gasteiger partial charge in [0.15, 0.2) is 0 Å². The highest BCUT2D eigenvalue weighted by Gasteiger charge is 1.88. The molecule has 0 spiro atoms. The van der Waals surface area contributed by atoms with Gasteiger partial charge < -0.3 is 8.94 Å². The maximum Gasteiger partial charge on any atom is 0.133 e. The Hall–Kier alpha value is -1.51. The molecule has 0 amide bonds. The fourth-order valence-electron chi connectivity index (χ4n) is 1.07. The van der Waals surface area contributed by atoms with E-state index in [-0.39, 0.29) is 0 Å². The Balaban J connectivity index is 0.000000140. The third-order valence-corrected chi connectivity index (χ3v) is 1.61. The van der Waals surface area contributed by atoms with Gasteiger partial charge in [-0.3, -0.25) is 0 Å². The van der Waals surface area contributed by atoms with Crippen molar-refractivity contribution < 1.29 is 8.94 Å². The molecule has 2 aromatic heterocycles. The summed E-state index contributed by atoms with van der Waals surface area (Å²) >= 11 is 0. The SMILES string of the molecule is Cc1cc(C)on1.Cc1coc(C)c1. The van der Waals surface area contributed by atoms with E-state index in [2.05, 4.69) is 5.16 Å². The molecule has 0 bridgehead atoms. The van der Waals surface area contributed by atoms with Gasteiger partial charge in [-0.25, -0.2) is 0 Å². The Kier molecular flexibility index (Phi) is 3.51. The fraction of sp³-hybridized carbons (Fsp3) is 0.364. The van der Waals surface area contributed by atoms with Gasteiger partial charge >= 0.3 is 0 Å². The number of hydrogen-bond donors (Lipinski definition) is 0. The maximum absolute atomic E-state index is 4.96. The Labute approximate surface area is 83.7 Å². The van der Waals surface area contributed by atoms with Crippen molar-refractivity contribution in [2.75, 3.05) is 0 Å². The van der Waals surface area contributed by atoms with Crippen molar-refractivity contribution in [3.8, 4) is 0 Å². The van der Waals surface area contributed by atoms with Gasteiger partial charge in [0.05, 0.1) is 12.0 Å². The standard InChI is InChI=1S/C6H8O.C5H7NO/c1-5-3-6(2)7-4-5;1-4-3-5(2)7-6-4/h3-4H,1-2H3;3H,1-2H3. The van der Waals surface area contributed by atoms with E-state index in [4.69, 9.17) is 8.94 Å². The molecule has 0 unspecified atom stereocenters. The molecule has 0 aliphatic carbocycles. The number of aromatic nitrogens is 1. The Bertz CT molecular complexity index is 316. The normalized spacial score (nSPS) is 9.43. The molecule has 0 atom stereocenters. The lowest BCUT2D eigenvalue weighted by atomic mass is 10.4. The van der Waals surface area contributed by atoms with Crippen molar-refractivity contribution in [3.05, 3.63) is 41.2 Å². The number of nitrogens with zero attached hydrogens (tertiary/aromatic N) is 1. The highest BCUT2D eigenvalue weighted by molar-refractivity contribution is 5.08. The van der Waals surface area contributed by atoms with E-state index in [9.17, 15) is 0 Å². The quantitative estimate of drug-likeness (QED) is 0.645. The third-order valence-electron chi connectivity index (χ3n) is 1.61. The summed E-state index contributed by atoms with van der Waals surface area (Å²) in [4.78, 5) is 0. The zero-order chi connectivity index (χ0) is 10.6. The van der Waals surface area contributed by atoms with E-state index < -0.39 is 0 Å². The summed E-state index contributed by atoms with van der Waals surface area (Å²) in [5.41, 5.74) is 2.13. The number of rotatable bonds is 0. The van der Waals surface area contributed by atoms with Crippen LogP contribution in [0, 0.1) is 27.7 Å². The molecule has 2 rings (SSSR count). The topological polar surface area (TPSA) is 39.2 Å². The van der Waals surface area contributed by atoms with Gasteiger partial charge in [-0.15, -0.1) is 0 Å². The summed E-state index contributed by atoms with van der Waals surface area (Å²) in [5.74, 6) is 1.86. The highest BCUT2D eigenvalue weighted by Crippen LogP contribution is 2.02. The molecule has 2 aromatic rings. The van der Waals surface area contributed by atoms with E-state index in [0.717, 1.165) is 17.2 Å². The number of hydrogen-bond acceptors (Lipinski definition) is 3. The van der Waals surface area contributed by atoms with Crippen LogP contribution >= 0.6 is 0 Å². The molecule has 0 aromatic carbocycles. The molecule has 76 valence electrons. The van der Waals surface area contributed by atoms with Crippen LogP contribution in [0.1, 0.15) is 22.8 Å². The highest BCUT2D eigenvalue weighted by atomic mass is 16.5. The monoisotopic (exact) mass is 193 g/mol. The van der Waals surface area contributed by atoms with E-state index >= 15 is 0 Å². The zero-order valence-electron chi connectivity index (χ0n) is 9.00. The molecule has 0 fully saturated rings. The first-order valence-electron chi connectivity index (χ1n) is 4.49. The fourth-order valence-corrected chi connectivity index (χ4v) is 1.07. The average molecular weight is 193 g/mol. The van der Waals surface area contributed by atoms with Crippen LogP contribution in [0.15, 0.2) is 27.3 Å². The minimum atomic E-state index is 0.873. The molecule has 0 aliphatic rings. The summed E-state index contributed by atoms with van der Waals surface area (Å²) in [6.07, 6.45) is 1.75. The molecule has 0 saturated heterocycles. The Morgan fingerprint density at radius 2 is 1.71 bits per heavy atom. The van der Waals surface area contributed by atoms with Crippen molar-refractivity contribution in [2.24, 2.45) is 0 Å². The summed E-state index contributed by atoms with van der Waals surface area (Å²) < 4.78 is 9.68. The van der Waals surface area contributed by atoms with Crippen LogP contribution in [0.4, 0.5) is 0 Å². The van der Waals surface area contributed by atoms with Gasteiger partial charge in [0.25, 0.3) is 0 Å². The minimum absolute atomic E-state index is 0.873. The predicted octanol–water partition coefficient (Wildman–Crippen LogP) is 3.19.